The predicted molar refractivity (Wildman–Crippen MR) is 99.5 cm³/mol. The minimum Gasteiger partial charge on any atom is -0.462 e. The van der Waals surface area contributed by atoms with Crippen LogP contribution in [0.1, 0.15) is 59.6 Å². The standard InChI is InChI=1S/C22H28O2/c1-7-21(23)24-18(6)22(19-10-8-14(2)16(4)12-19)20-11-9-15(3)17(5)13-20/h8-13,18,22H,7H2,1-6H3. The lowest BCUT2D eigenvalue weighted by Crippen LogP contribution is -2.23. The number of hydrogen-bond acceptors (Lipinski definition) is 2. The zero-order valence-electron chi connectivity index (χ0n) is 15.6. The van der Waals surface area contributed by atoms with Gasteiger partial charge in [0.05, 0.1) is 0 Å². The molecule has 0 aliphatic heterocycles. The van der Waals surface area contributed by atoms with Crippen LogP contribution < -0.4 is 0 Å². The monoisotopic (exact) mass is 324 g/mol. The van der Waals surface area contributed by atoms with Crippen molar-refractivity contribution in [1.29, 1.82) is 0 Å². The molecule has 0 aliphatic rings. The van der Waals surface area contributed by atoms with Gasteiger partial charge in [0.2, 0.25) is 0 Å². The Balaban J connectivity index is 2.49. The molecule has 0 amide bonds. The Bertz CT molecular complexity index is 679. The van der Waals surface area contributed by atoms with Gasteiger partial charge < -0.3 is 4.74 Å². The van der Waals surface area contributed by atoms with Crippen LogP contribution in [0, 0.1) is 27.7 Å². The number of ether oxygens (including phenoxy) is 1. The van der Waals surface area contributed by atoms with Gasteiger partial charge in [0, 0.05) is 12.3 Å². The molecule has 0 saturated carbocycles. The molecule has 0 spiro atoms. The van der Waals surface area contributed by atoms with E-state index in [2.05, 4.69) is 64.1 Å². The van der Waals surface area contributed by atoms with Gasteiger partial charge in [-0.3, -0.25) is 4.79 Å². The van der Waals surface area contributed by atoms with Crippen LogP contribution in [0.4, 0.5) is 0 Å². The van der Waals surface area contributed by atoms with Crippen molar-refractivity contribution >= 4 is 5.97 Å². The van der Waals surface area contributed by atoms with Crippen molar-refractivity contribution in [1.82, 2.24) is 0 Å². The molecular weight excluding hydrogens is 296 g/mol. The lowest BCUT2D eigenvalue weighted by Gasteiger charge is -2.26. The van der Waals surface area contributed by atoms with Crippen molar-refractivity contribution in [3.8, 4) is 0 Å². The summed E-state index contributed by atoms with van der Waals surface area (Å²) < 4.78 is 5.67. The van der Waals surface area contributed by atoms with Gasteiger partial charge in [-0.1, -0.05) is 43.3 Å². The Kier molecular flexibility index (Phi) is 5.82. The van der Waals surface area contributed by atoms with Crippen LogP contribution >= 0.6 is 0 Å². The molecule has 2 heteroatoms. The summed E-state index contributed by atoms with van der Waals surface area (Å²) in [5.41, 5.74) is 7.45. The summed E-state index contributed by atoms with van der Waals surface area (Å²) in [7, 11) is 0. The van der Waals surface area contributed by atoms with E-state index in [-0.39, 0.29) is 18.0 Å². The van der Waals surface area contributed by atoms with Crippen LogP contribution in [-0.4, -0.2) is 12.1 Å². The first-order chi connectivity index (χ1) is 11.3. The minimum atomic E-state index is -0.207. The summed E-state index contributed by atoms with van der Waals surface area (Å²) in [5, 5.41) is 0. The Morgan fingerprint density at radius 3 is 1.71 bits per heavy atom. The molecule has 2 nitrogen and oxygen atoms in total. The van der Waals surface area contributed by atoms with Crippen LogP contribution in [0.5, 0.6) is 0 Å². The van der Waals surface area contributed by atoms with E-state index in [0.29, 0.717) is 6.42 Å². The van der Waals surface area contributed by atoms with E-state index in [4.69, 9.17) is 4.74 Å². The summed E-state index contributed by atoms with van der Waals surface area (Å²) in [6.07, 6.45) is 0.193. The molecule has 0 saturated heterocycles. The van der Waals surface area contributed by atoms with Gasteiger partial charge in [-0.05, 0) is 68.0 Å². The highest BCUT2D eigenvalue weighted by Gasteiger charge is 2.25. The van der Waals surface area contributed by atoms with Gasteiger partial charge in [-0.25, -0.2) is 0 Å². The van der Waals surface area contributed by atoms with Crippen molar-refractivity contribution in [3.63, 3.8) is 0 Å². The Hall–Kier alpha value is -2.09. The molecule has 0 fully saturated rings. The Labute approximate surface area is 145 Å². The van der Waals surface area contributed by atoms with Gasteiger partial charge in [-0.2, -0.15) is 0 Å². The van der Waals surface area contributed by atoms with Crippen LogP contribution in [-0.2, 0) is 9.53 Å². The largest absolute Gasteiger partial charge is 0.462 e. The maximum absolute atomic E-state index is 11.8. The lowest BCUT2D eigenvalue weighted by molar-refractivity contribution is -0.148. The molecule has 24 heavy (non-hydrogen) atoms. The molecule has 0 heterocycles. The van der Waals surface area contributed by atoms with E-state index >= 15 is 0 Å². The normalized spacial score (nSPS) is 12.3. The second kappa shape index (κ2) is 7.65. The molecule has 0 radical (unpaired) electrons. The first kappa shape index (κ1) is 18.3. The van der Waals surface area contributed by atoms with Crippen molar-refractivity contribution < 1.29 is 9.53 Å². The number of carbonyl (C=O) groups is 1. The second-order valence-corrected chi connectivity index (χ2v) is 6.71. The maximum Gasteiger partial charge on any atom is 0.305 e. The number of rotatable bonds is 5. The van der Waals surface area contributed by atoms with Gasteiger partial charge >= 0.3 is 5.97 Å². The highest BCUT2D eigenvalue weighted by molar-refractivity contribution is 5.69. The zero-order chi connectivity index (χ0) is 17.9. The highest BCUT2D eigenvalue weighted by atomic mass is 16.5. The van der Waals surface area contributed by atoms with E-state index in [1.807, 2.05) is 13.8 Å². The van der Waals surface area contributed by atoms with Crippen molar-refractivity contribution in [2.75, 3.05) is 0 Å². The third-order valence-electron chi connectivity index (χ3n) is 4.86. The zero-order valence-corrected chi connectivity index (χ0v) is 15.6. The van der Waals surface area contributed by atoms with E-state index in [0.717, 1.165) is 0 Å². The fraction of sp³-hybridized carbons (Fsp3) is 0.409. The summed E-state index contributed by atoms with van der Waals surface area (Å²) in [5.74, 6) is -0.112. The van der Waals surface area contributed by atoms with Gasteiger partial charge in [0.25, 0.3) is 0 Å². The molecule has 0 bridgehead atoms. The molecule has 1 unspecified atom stereocenters. The molecule has 2 aromatic carbocycles. The average molecular weight is 324 g/mol. The molecular formula is C22H28O2. The number of hydrogen-bond donors (Lipinski definition) is 0. The van der Waals surface area contributed by atoms with Crippen LogP contribution in [0.2, 0.25) is 0 Å². The topological polar surface area (TPSA) is 26.3 Å². The van der Waals surface area contributed by atoms with Gasteiger partial charge in [-0.15, -0.1) is 0 Å². The molecule has 1 atom stereocenters. The molecule has 2 aromatic rings. The lowest BCUT2D eigenvalue weighted by atomic mass is 9.84. The number of aryl methyl sites for hydroxylation is 4. The first-order valence-corrected chi connectivity index (χ1v) is 8.67. The predicted octanol–water partition coefficient (Wildman–Crippen LogP) is 5.39. The van der Waals surface area contributed by atoms with Crippen LogP contribution in [0.3, 0.4) is 0 Å². The fourth-order valence-electron chi connectivity index (χ4n) is 3.01. The molecule has 0 aromatic heterocycles. The molecule has 2 rings (SSSR count). The summed E-state index contributed by atoms with van der Waals surface area (Å²) in [4.78, 5) is 11.8. The summed E-state index contributed by atoms with van der Waals surface area (Å²) in [6.45, 7) is 12.3. The Morgan fingerprint density at radius 1 is 0.875 bits per heavy atom. The number of carbonyl (C=O) groups excluding carboxylic acids is 1. The van der Waals surface area contributed by atoms with Crippen molar-refractivity contribution in [3.05, 3.63) is 69.8 Å². The average Bonchev–Trinajstić information content (AvgIpc) is 2.54. The van der Waals surface area contributed by atoms with E-state index in [9.17, 15) is 4.79 Å². The maximum atomic E-state index is 11.8. The molecule has 128 valence electrons. The number of esters is 1. The third-order valence-corrected chi connectivity index (χ3v) is 4.86. The van der Waals surface area contributed by atoms with Crippen LogP contribution in [0.15, 0.2) is 36.4 Å². The summed E-state index contributed by atoms with van der Waals surface area (Å²) in [6, 6.07) is 13.0. The smallest absolute Gasteiger partial charge is 0.305 e. The number of benzene rings is 2. The van der Waals surface area contributed by atoms with Crippen molar-refractivity contribution in [2.24, 2.45) is 0 Å². The molecule has 0 N–H and O–H groups in total. The second-order valence-electron chi connectivity index (χ2n) is 6.71. The highest BCUT2D eigenvalue weighted by Crippen LogP contribution is 2.32. The van der Waals surface area contributed by atoms with Gasteiger partial charge in [0.1, 0.15) is 6.10 Å². The van der Waals surface area contributed by atoms with E-state index in [1.165, 1.54) is 33.4 Å². The Morgan fingerprint density at radius 2 is 1.33 bits per heavy atom. The van der Waals surface area contributed by atoms with E-state index in [1.54, 1.807) is 0 Å². The molecule has 0 aliphatic carbocycles. The van der Waals surface area contributed by atoms with Crippen LogP contribution in [0.25, 0.3) is 0 Å². The minimum absolute atomic E-state index is 0.0408. The van der Waals surface area contributed by atoms with E-state index < -0.39 is 0 Å². The quantitative estimate of drug-likeness (QED) is 0.689. The fourth-order valence-corrected chi connectivity index (χ4v) is 3.01. The third kappa shape index (κ3) is 4.05. The first-order valence-electron chi connectivity index (χ1n) is 8.67. The SMILES string of the molecule is CCC(=O)OC(C)C(c1ccc(C)c(C)c1)c1ccc(C)c(C)c1. The van der Waals surface area contributed by atoms with Gasteiger partial charge in [0.15, 0.2) is 0 Å². The van der Waals surface area contributed by atoms with Crippen molar-refractivity contribution in [2.45, 2.75) is 60.0 Å². The summed E-state index contributed by atoms with van der Waals surface area (Å²) >= 11 is 0.